The van der Waals surface area contributed by atoms with Crippen LogP contribution in [-0.2, 0) is 13.6 Å². The van der Waals surface area contributed by atoms with Crippen LogP contribution in [0.4, 0.5) is 14.5 Å². The van der Waals surface area contributed by atoms with Crippen molar-refractivity contribution in [1.82, 2.24) is 23.9 Å². The van der Waals surface area contributed by atoms with Gasteiger partial charge in [0.2, 0.25) is 0 Å². The number of aromatic nitrogens is 3. The first kappa shape index (κ1) is 19.9. The van der Waals surface area contributed by atoms with Crippen LogP contribution in [0.2, 0.25) is 0 Å². The molecule has 0 unspecified atom stereocenters. The highest BCUT2D eigenvalue weighted by atomic mass is 19.1. The first-order valence-corrected chi connectivity index (χ1v) is 12.5. The number of benzene rings is 1. The molecule has 4 heterocycles. The maximum Gasteiger partial charge on any atom is 0.257 e. The van der Waals surface area contributed by atoms with Crippen LogP contribution in [-0.4, -0.2) is 63.9 Å². The van der Waals surface area contributed by atoms with Crippen molar-refractivity contribution in [3.63, 3.8) is 0 Å². The van der Waals surface area contributed by atoms with Gasteiger partial charge in [0.15, 0.2) is 0 Å². The number of nitrogens with one attached hydrogen (secondary N) is 1. The maximum atomic E-state index is 15.2. The molecule has 5 rings (SSSR count). The van der Waals surface area contributed by atoms with Gasteiger partial charge in [0.1, 0.15) is 17.3 Å². The second-order valence-corrected chi connectivity index (χ2v) is 9.68. The lowest BCUT2D eigenvalue weighted by atomic mass is 9.88. The normalized spacial score (nSPS) is 17.5. The summed E-state index contributed by atoms with van der Waals surface area (Å²) in [4.78, 5) is 31.8. The third-order valence-corrected chi connectivity index (χ3v) is 7.38. The molecule has 4 aromatic rings. The molecule has 1 fully saturated rings. The lowest BCUT2D eigenvalue weighted by molar-refractivity contribution is 0.0826. The van der Waals surface area contributed by atoms with Gasteiger partial charge >= 0.3 is 0 Å². The van der Waals surface area contributed by atoms with Crippen LogP contribution >= 0.6 is 0 Å². The van der Waals surface area contributed by atoms with Crippen LogP contribution in [0.5, 0.6) is 0 Å². The second kappa shape index (κ2) is 10.6. The van der Waals surface area contributed by atoms with Crippen molar-refractivity contribution >= 4 is 22.6 Å². The third-order valence-electron chi connectivity index (χ3n) is 7.38. The molecule has 10 heteroatoms. The predicted octanol–water partition coefficient (Wildman–Crippen LogP) is 4.13. The van der Waals surface area contributed by atoms with Crippen molar-refractivity contribution in [1.29, 1.82) is 0 Å². The number of hydrogen-bond donors (Lipinski definition) is 1. The van der Waals surface area contributed by atoms with Gasteiger partial charge in [-0.15, -0.1) is 0 Å². The van der Waals surface area contributed by atoms with Gasteiger partial charge in [-0.2, -0.15) is 0 Å². The Morgan fingerprint density at radius 2 is 1.87 bits per heavy atom. The molecule has 0 atom stereocenters. The molecule has 8 nitrogen and oxygen atoms in total. The molecule has 0 spiro atoms. The van der Waals surface area contributed by atoms with Crippen LogP contribution < -0.4 is 10.9 Å². The van der Waals surface area contributed by atoms with Crippen LogP contribution in [0.1, 0.15) is 48.6 Å². The minimum Gasteiger partial charge on any atom is -0.388 e. The fraction of sp³-hybridized carbons (Fsp3) is 0.345. The van der Waals surface area contributed by atoms with Gasteiger partial charge in [-0.1, -0.05) is 0 Å². The molecule has 0 radical (unpaired) electrons. The summed E-state index contributed by atoms with van der Waals surface area (Å²) in [6.07, 6.45) is 4.19. The number of nitrogens with zero attached hydrogens (tertiary/aromatic N) is 5. The number of pyridine rings is 2. The number of likely N-dealkylation sites (tertiary alicyclic amines) is 1. The van der Waals surface area contributed by atoms with Gasteiger partial charge in [-0.05, 0) is 62.2 Å². The molecule has 204 valence electrons. The first-order chi connectivity index (χ1) is 21.1. The summed E-state index contributed by atoms with van der Waals surface area (Å²) in [5.74, 6) is -4.07. The number of rotatable bonds is 6. The van der Waals surface area contributed by atoms with E-state index in [0.29, 0.717) is 61.6 Å². The molecule has 1 amide bonds. The Bertz CT molecular complexity index is 1770. The highest BCUT2D eigenvalue weighted by molar-refractivity contribution is 5.94. The van der Waals surface area contributed by atoms with Crippen LogP contribution in [0.15, 0.2) is 53.6 Å². The quantitative estimate of drug-likeness (QED) is 0.398. The number of amides is 1. The number of hydrogen-bond acceptors (Lipinski definition) is 5. The molecule has 1 N–H and O–H groups in total. The monoisotopic (exact) mass is 540 g/mol. The Morgan fingerprint density at radius 3 is 2.51 bits per heavy atom. The zero-order valence-electron chi connectivity index (χ0n) is 27.5. The first-order valence-electron chi connectivity index (χ1n) is 15.5. The standard InChI is InChI=1S/C29H32F2N6O2/c1-32-20-8-12-37(26(38)15-20)25-5-9-33-28-22(25)16-21(35(28)4)17-36-10-6-18(7-11-36)27-23(30)13-19(14-24(27)31)29(39)34(2)3/h5,8-9,12-16,18,32H,6-7,10-11,17H2,1-4H3/i2D3,3D3. The van der Waals surface area contributed by atoms with E-state index < -0.39 is 43.0 Å². The summed E-state index contributed by atoms with van der Waals surface area (Å²) < 4.78 is 78.5. The van der Waals surface area contributed by atoms with Gasteiger partial charge in [0, 0.05) is 89.2 Å². The SMILES string of the molecule is [2H]C([2H])([2H])N(C(=O)c1cc(F)c(C2CCN(Cc3cc4c(-n5ccc(NC)cc5=O)ccnc4n3C)CC2)c(F)c1)C([2H])([2H])[2H]. The van der Waals surface area contributed by atoms with Gasteiger partial charge in [0.05, 0.1) is 5.69 Å². The van der Waals surface area contributed by atoms with Crippen molar-refractivity contribution in [3.05, 3.63) is 87.6 Å². The van der Waals surface area contributed by atoms with Gasteiger partial charge < -0.3 is 14.8 Å². The van der Waals surface area contributed by atoms with E-state index in [0.717, 1.165) is 11.1 Å². The van der Waals surface area contributed by atoms with E-state index >= 15 is 8.78 Å². The number of carbonyl (C=O) groups excluding carboxylic acids is 1. The average molecular weight is 541 g/mol. The van der Waals surface area contributed by atoms with Crippen molar-refractivity contribution < 1.29 is 21.8 Å². The van der Waals surface area contributed by atoms with E-state index in [1.54, 1.807) is 30.1 Å². The van der Waals surface area contributed by atoms with Crippen LogP contribution in [0.3, 0.4) is 0 Å². The lowest BCUT2D eigenvalue weighted by Gasteiger charge is -2.32. The Labute approximate surface area is 233 Å². The molecule has 39 heavy (non-hydrogen) atoms. The average Bonchev–Trinajstić information content (AvgIpc) is 3.27. The van der Waals surface area contributed by atoms with Crippen LogP contribution in [0.25, 0.3) is 16.7 Å². The van der Waals surface area contributed by atoms with E-state index in [9.17, 15) is 9.59 Å². The smallest absolute Gasteiger partial charge is 0.257 e. The summed E-state index contributed by atoms with van der Waals surface area (Å²) in [7, 11) is 3.63. The van der Waals surface area contributed by atoms with E-state index in [1.165, 1.54) is 6.07 Å². The largest absolute Gasteiger partial charge is 0.388 e. The zero-order valence-corrected chi connectivity index (χ0v) is 21.5. The molecule has 0 bridgehead atoms. The summed E-state index contributed by atoms with van der Waals surface area (Å²) in [6.45, 7) is -5.10. The van der Waals surface area contributed by atoms with Crippen molar-refractivity contribution in [2.75, 3.05) is 39.4 Å². The predicted molar refractivity (Wildman–Crippen MR) is 147 cm³/mol. The summed E-state index contributed by atoms with van der Waals surface area (Å²) in [6, 6.07) is 8.50. The maximum absolute atomic E-state index is 15.2. The molecule has 0 aliphatic carbocycles. The minimum absolute atomic E-state index is 0.189. The van der Waals surface area contributed by atoms with Crippen LogP contribution in [0, 0.1) is 11.6 Å². The number of aryl methyl sites for hydroxylation is 1. The number of anilines is 1. The van der Waals surface area contributed by atoms with Crippen molar-refractivity contribution in [2.45, 2.75) is 25.3 Å². The molecule has 1 saturated heterocycles. The Hall–Kier alpha value is -4.05. The van der Waals surface area contributed by atoms with Gasteiger partial charge in [-0.25, -0.2) is 13.8 Å². The van der Waals surface area contributed by atoms with Crippen molar-refractivity contribution in [3.8, 4) is 5.69 Å². The van der Waals surface area contributed by atoms with Crippen molar-refractivity contribution in [2.24, 2.45) is 7.05 Å². The molecular formula is C29H32F2N6O2. The van der Waals surface area contributed by atoms with E-state index in [-0.39, 0.29) is 16.0 Å². The molecule has 0 saturated carbocycles. The number of carbonyl (C=O) groups is 1. The number of fused-ring (bicyclic) bond motifs is 1. The Morgan fingerprint density at radius 1 is 1.15 bits per heavy atom. The zero-order chi connectivity index (χ0) is 32.8. The number of piperidine rings is 1. The molecule has 1 aromatic carbocycles. The van der Waals surface area contributed by atoms with Gasteiger partial charge in [-0.3, -0.25) is 19.1 Å². The lowest BCUT2D eigenvalue weighted by Crippen LogP contribution is -2.33. The molecule has 3 aromatic heterocycles. The Balaban J connectivity index is 1.32. The molecular weight excluding hydrogens is 502 g/mol. The summed E-state index contributed by atoms with van der Waals surface area (Å²) in [5, 5.41) is 3.76. The fourth-order valence-electron chi connectivity index (χ4n) is 5.29. The fourth-order valence-corrected chi connectivity index (χ4v) is 5.29. The Kier molecular flexibility index (Phi) is 5.42. The molecule has 1 aliphatic heterocycles. The summed E-state index contributed by atoms with van der Waals surface area (Å²) >= 11 is 0. The third kappa shape index (κ3) is 5.04. The van der Waals surface area contributed by atoms with E-state index in [2.05, 4.69) is 15.2 Å². The highest BCUT2D eigenvalue weighted by Gasteiger charge is 2.28. The molecule has 1 aliphatic rings. The van der Waals surface area contributed by atoms with Gasteiger partial charge in [0.25, 0.3) is 11.5 Å². The number of halogens is 2. The summed E-state index contributed by atoms with van der Waals surface area (Å²) in [5.41, 5.74) is 1.95. The van der Waals surface area contributed by atoms with E-state index in [4.69, 9.17) is 8.22 Å². The second-order valence-electron chi connectivity index (χ2n) is 9.68. The topological polar surface area (TPSA) is 75.4 Å². The van der Waals surface area contributed by atoms with E-state index in [1.807, 2.05) is 23.7 Å². The highest BCUT2D eigenvalue weighted by Crippen LogP contribution is 2.33. The minimum atomic E-state index is -3.33.